The molecule has 70 valence electrons. The second-order valence-electron chi connectivity index (χ2n) is 4.94. The van der Waals surface area contributed by atoms with Gasteiger partial charge in [-0.1, -0.05) is 49.3 Å². The second kappa shape index (κ2) is 2.86. The van der Waals surface area contributed by atoms with Gasteiger partial charge in [-0.2, -0.15) is 0 Å². The zero-order chi connectivity index (χ0) is 8.82. The quantitative estimate of drug-likeness (QED) is 0.538. The maximum atomic E-state index is 2.61. The summed E-state index contributed by atoms with van der Waals surface area (Å²) in [6, 6.07) is 0. The summed E-state index contributed by atoms with van der Waals surface area (Å²) in [5.74, 6) is 0.988. The van der Waals surface area contributed by atoms with Crippen molar-refractivity contribution in [1.82, 2.24) is 0 Å². The van der Waals surface area contributed by atoms with Crippen LogP contribution in [0.4, 0.5) is 0 Å². The normalized spacial score (nSPS) is 38.2. The van der Waals surface area contributed by atoms with E-state index in [1.54, 1.807) is 19.3 Å². The molecular weight excluding hydrogens is 259 g/mol. The lowest BCUT2D eigenvalue weighted by Gasteiger charge is -2.22. The van der Waals surface area contributed by atoms with Crippen molar-refractivity contribution < 1.29 is 0 Å². The zero-order valence-electron chi connectivity index (χ0n) is 8.20. The van der Waals surface area contributed by atoms with Crippen LogP contribution in [-0.2, 0) is 0 Å². The molecule has 0 radical (unpaired) electrons. The van der Waals surface area contributed by atoms with Crippen LogP contribution in [-0.4, -0.2) is 4.43 Å². The van der Waals surface area contributed by atoms with Crippen LogP contribution in [0.2, 0.25) is 0 Å². The molecule has 0 N–H and O–H groups in total. The van der Waals surface area contributed by atoms with Gasteiger partial charge in [0.15, 0.2) is 0 Å². The van der Waals surface area contributed by atoms with E-state index in [4.69, 9.17) is 0 Å². The molecule has 2 atom stereocenters. The van der Waals surface area contributed by atoms with E-state index < -0.39 is 0 Å². The third-order valence-electron chi connectivity index (χ3n) is 4.34. The Balaban J connectivity index is 2.00. The van der Waals surface area contributed by atoms with Crippen molar-refractivity contribution in [2.24, 2.45) is 16.7 Å². The highest BCUT2D eigenvalue weighted by atomic mass is 127. The van der Waals surface area contributed by atoms with Crippen molar-refractivity contribution >= 4 is 22.6 Å². The molecule has 1 spiro atoms. The van der Waals surface area contributed by atoms with Crippen LogP contribution < -0.4 is 0 Å². The van der Waals surface area contributed by atoms with Crippen LogP contribution in [0.3, 0.4) is 0 Å². The first kappa shape index (κ1) is 9.29. The summed E-state index contributed by atoms with van der Waals surface area (Å²) in [5.41, 5.74) is 1.67. The van der Waals surface area contributed by atoms with E-state index in [-0.39, 0.29) is 0 Å². The summed E-state index contributed by atoms with van der Waals surface area (Å²) in [6.45, 7) is 4.80. The lowest BCUT2D eigenvalue weighted by atomic mass is 9.86. The van der Waals surface area contributed by atoms with Gasteiger partial charge in [0.05, 0.1) is 0 Å². The SMILES string of the molecule is CCCC(C)C1(CI)CC12CC2. The van der Waals surface area contributed by atoms with Crippen molar-refractivity contribution in [3.63, 3.8) is 0 Å². The van der Waals surface area contributed by atoms with Crippen LogP contribution in [0.25, 0.3) is 0 Å². The molecule has 2 aliphatic rings. The highest BCUT2D eigenvalue weighted by molar-refractivity contribution is 14.1. The minimum absolute atomic E-state index is 0.795. The molecule has 0 aromatic heterocycles. The average molecular weight is 278 g/mol. The van der Waals surface area contributed by atoms with Crippen LogP contribution in [0.5, 0.6) is 0 Å². The molecule has 12 heavy (non-hydrogen) atoms. The molecule has 2 unspecified atom stereocenters. The molecule has 2 aliphatic carbocycles. The Morgan fingerprint density at radius 3 is 2.42 bits per heavy atom. The van der Waals surface area contributed by atoms with Crippen LogP contribution in [0.15, 0.2) is 0 Å². The number of hydrogen-bond acceptors (Lipinski definition) is 0. The first-order valence-corrected chi connectivity index (χ1v) is 6.79. The number of halogens is 1. The van der Waals surface area contributed by atoms with Gasteiger partial charge in [-0.05, 0) is 36.0 Å². The van der Waals surface area contributed by atoms with E-state index in [2.05, 4.69) is 36.4 Å². The number of hydrogen-bond donors (Lipinski definition) is 0. The van der Waals surface area contributed by atoms with Gasteiger partial charge in [0.2, 0.25) is 0 Å². The second-order valence-corrected chi connectivity index (χ2v) is 5.70. The maximum absolute atomic E-state index is 2.61. The molecule has 1 heteroatoms. The van der Waals surface area contributed by atoms with Gasteiger partial charge >= 0.3 is 0 Å². The van der Waals surface area contributed by atoms with Gasteiger partial charge < -0.3 is 0 Å². The monoisotopic (exact) mass is 278 g/mol. The molecule has 0 amide bonds. The van der Waals surface area contributed by atoms with Gasteiger partial charge in [-0.15, -0.1) is 0 Å². The Bertz CT molecular complexity index is 183. The Kier molecular flexibility index (Phi) is 2.21. The van der Waals surface area contributed by atoms with Crippen LogP contribution in [0.1, 0.15) is 46.0 Å². The Labute approximate surface area is 89.6 Å². The fourth-order valence-electron chi connectivity index (χ4n) is 3.11. The molecule has 0 aromatic rings. The van der Waals surface area contributed by atoms with Crippen molar-refractivity contribution in [3.05, 3.63) is 0 Å². The first-order chi connectivity index (χ1) is 5.71. The standard InChI is InChI=1S/C11H19I/c1-3-4-9(2)11(8-12)7-10(11)5-6-10/h9H,3-8H2,1-2H3. The van der Waals surface area contributed by atoms with E-state index in [0.717, 1.165) is 16.7 Å². The van der Waals surface area contributed by atoms with Crippen molar-refractivity contribution in [1.29, 1.82) is 0 Å². The van der Waals surface area contributed by atoms with Gasteiger partial charge in [0.25, 0.3) is 0 Å². The smallest absolute Gasteiger partial charge is 0.00600 e. The van der Waals surface area contributed by atoms with Gasteiger partial charge in [-0.3, -0.25) is 0 Å². The van der Waals surface area contributed by atoms with Crippen molar-refractivity contribution in [2.75, 3.05) is 4.43 Å². The summed E-state index contributed by atoms with van der Waals surface area (Å²) in [6.07, 6.45) is 7.47. The summed E-state index contributed by atoms with van der Waals surface area (Å²) in [5, 5.41) is 0. The minimum Gasteiger partial charge on any atom is -0.0857 e. The van der Waals surface area contributed by atoms with E-state index in [0.29, 0.717) is 0 Å². The Morgan fingerprint density at radius 1 is 1.42 bits per heavy atom. The maximum Gasteiger partial charge on any atom is 0.00600 e. The summed E-state index contributed by atoms with van der Waals surface area (Å²) in [7, 11) is 0. The average Bonchev–Trinajstić information content (AvgIpc) is 2.93. The summed E-state index contributed by atoms with van der Waals surface area (Å²) in [4.78, 5) is 0. The first-order valence-electron chi connectivity index (χ1n) is 5.27. The third-order valence-corrected chi connectivity index (χ3v) is 5.70. The van der Waals surface area contributed by atoms with Crippen LogP contribution in [0, 0.1) is 16.7 Å². The highest BCUT2D eigenvalue weighted by Crippen LogP contribution is 2.81. The third kappa shape index (κ3) is 1.08. The predicted octanol–water partition coefficient (Wildman–Crippen LogP) is 4.03. The van der Waals surface area contributed by atoms with E-state index in [1.165, 1.54) is 17.3 Å². The largest absolute Gasteiger partial charge is 0.0857 e. The van der Waals surface area contributed by atoms with Gasteiger partial charge in [0.1, 0.15) is 0 Å². The molecule has 0 heterocycles. The Hall–Kier alpha value is 0.730. The summed E-state index contributed by atoms with van der Waals surface area (Å²) < 4.78 is 1.41. The minimum atomic E-state index is 0.795. The lowest BCUT2D eigenvalue weighted by Crippen LogP contribution is -2.17. The highest BCUT2D eigenvalue weighted by Gasteiger charge is 2.74. The van der Waals surface area contributed by atoms with E-state index in [1.807, 2.05) is 0 Å². The van der Waals surface area contributed by atoms with Gasteiger partial charge in [-0.25, -0.2) is 0 Å². The molecule has 2 fully saturated rings. The van der Waals surface area contributed by atoms with Crippen molar-refractivity contribution in [2.45, 2.75) is 46.0 Å². The van der Waals surface area contributed by atoms with Crippen molar-refractivity contribution in [3.8, 4) is 0 Å². The molecule has 2 saturated carbocycles. The van der Waals surface area contributed by atoms with E-state index in [9.17, 15) is 0 Å². The molecule has 0 saturated heterocycles. The molecule has 0 bridgehead atoms. The molecule has 0 aromatic carbocycles. The lowest BCUT2D eigenvalue weighted by molar-refractivity contribution is 0.313. The van der Waals surface area contributed by atoms with Crippen LogP contribution >= 0.6 is 22.6 Å². The number of alkyl halides is 1. The van der Waals surface area contributed by atoms with Gasteiger partial charge in [0, 0.05) is 4.43 Å². The Morgan fingerprint density at radius 2 is 2.08 bits per heavy atom. The fraction of sp³-hybridized carbons (Fsp3) is 1.00. The fourth-order valence-corrected chi connectivity index (χ4v) is 4.94. The molecule has 0 aliphatic heterocycles. The summed E-state index contributed by atoms with van der Waals surface area (Å²) >= 11 is 2.61. The topological polar surface area (TPSA) is 0 Å². The van der Waals surface area contributed by atoms with E-state index >= 15 is 0 Å². The molecule has 0 nitrogen and oxygen atoms in total. The molecule has 2 rings (SSSR count). The number of rotatable bonds is 4. The molecular formula is C11H19I. The zero-order valence-corrected chi connectivity index (χ0v) is 10.4. The predicted molar refractivity (Wildman–Crippen MR) is 61.7 cm³/mol.